The van der Waals surface area contributed by atoms with E-state index in [1.807, 2.05) is 0 Å². The van der Waals surface area contributed by atoms with Crippen LogP contribution >= 0.6 is 12.2 Å². The molecule has 0 atom stereocenters. The summed E-state index contributed by atoms with van der Waals surface area (Å²) in [4.78, 5) is 0.562. The number of nitrogens with two attached hydrogens (primary N) is 1. The molecule has 0 aromatic carbocycles. The number of hydrogen-bond acceptors (Lipinski definition) is 4. The van der Waals surface area contributed by atoms with Crippen molar-refractivity contribution in [3.63, 3.8) is 0 Å². The predicted octanol–water partition coefficient (Wildman–Crippen LogP) is 0.334. The standard InChI is InChI=1S/C10H18N4O2S2/c1-7-10(8(2)14(4)12-7)18(15,16)13(3)6-5-9(11)17/h5-6H2,1-4H3,(H2,11,17). The third-order valence-corrected chi connectivity index (χ3v) is 5.10. The molecule has 1 aromatic heterocycles. The van der Waals surface area contributed by atoms with Gasteiger partial charge < -0.3 is 5.73 Å². The van der Waals surface area contributed by atoms with E-state index in [4.69, 9.17) is 18.0 Å². The molecule has 102 valence electrons. The van der Waals surface area contributed by atoms with E-state index >= 15 is 0 Å². The molecule has 0 saturated heterocycles. The molecule has 1 aromatic rings. The first kappa shape index (κ1) is 15.1. The van der Waals surface area contributed by atoms with Crippen molar-refractivity contribution < 1.29 is 8.42 Å². The summed E-state index contributed by atoms with van der Waals surface area (Å²) in [6, 6.07) is 0. The van der Waals surface area contributed by atoms with E-state index in [1.165, 1.54) is 11.4 Å². The lowest BCUT2D eigenvalue weighted by Crippen LogP contribution is -2.30. The number of thiocarbonyl (C=S) groups is 1. The lowest BCUT2D eigenvalue weighted by molar-refractivity contribution is 0.477. The lowest BCUT2D eigenvalue weighted by Gasteiger charge is -2.17. The Labute approximate surface area is 113 Å². The van der Waals surface area contributed by atoms with Gasteiger partial charge in [-0.1, -0.05) is 12.2 Å². The van der Waals surface area contributed by atoms with Gasteiger partial charge in [0.2, 0.25) is 10.0 Å². The Hall–Kier alpha value is -0.990. The summed E-state index contributed by atoms with van der Waals surface area (Å²) in [5.41, 5.74) is 6.50. The summed E-state index contributed by atoms with van der Waals surface area (Å²) in [7, 11) is -0.308. The number of hydrogen-bond donors (Lipinski definition) is 1. The van der Waals surface area contributed by atoms with Gasteiger partial charge >= 0.3 is 0 Å². The van der Waals surface area contributed by atoms with Crippen LogP contribution < -0.4 is 5.73 Å². The van der Waals surface area contributed by atoms with E-state index < -0.39 is 10.0 Å². The average Bonchev–Trinajstić information content (AvgIpc) is 2.49. The molecular weight excluding hydrogens is 272 g/mol. The van der Waals surface area contributed by atoms with Gasteiger partial charge in [0.25, 0.3) is 0 Å². The van der Waals surface area contributed by atoms with Crippen molar-refractivity contribution in [2.24, 2.45) is 12.8 Å². The fraction of sp³-hybridized carbons (Fsp3) is 0.600. The predicted molar refractivity (Wildman–Crippen MR) is 73.9 cm³/mol. The summed E-state index contributed by atoms with van der Waals surface area (Å²) in [6.07, 6.45) is 0.365. The molecular formula is C10H18N4O2S2. The Morgan fingerprint density at radius 2 is 2.06 bits per heavy atom. The van der Waals surface area contributed by atoms with Crippen LogP contribution in [0.1, 0.15) is 17.8 Å². The Kier molecular flexibility index (Phi) is 4.46. The molecule has 6 nitrogen and oxygen atoms in total. The Balaban J connectivity index is 3.10. The van der Waals surface area contributed by atoms with Gasteiger partial charge in [0.15, 0.2) is 0 Å². The number of aryl methyl sites for hydroxylation is 2. The van der Waals surface area contributed by atoms with Crippen molar-refractivity contribution in [1.29, 1.82) is 0 Å². The molecule has 0 bridgehead atoms. The molecule has 0 spiro atoms. The number of nitrogens with zero attached hydrogens (tertiary/aromatic N) is 3. The van der Waals surface area contributed by atoms with Crippen LogP contribution in [-0.2, 0) is 17.1 Å². The molecule has 0 amide bonds. The first-order valence-electron chi connectivity index (χ1n) is 5.42. The number of aromatic nitrogens is 2. The van der Waals surface area contributed by atoms with Crippen molar-refractivity contribution in [2.45, 2.75) is 25.2 Å². The highest BCUT2D eigenvalue weighted by atomic mass is 32.2. The maximum absolute atomic E-state index is 12.4. The van der Waals surface area contributed by atoms with Gasteiger partial charge in [-0.2, -0.15) is 5.10 Å². The van der Waals surface area contributed by atoms with Crippen LogP contribution in [0.15, 0.2) is 4.90 Å². The van der Waals surface area contributed by atoms with Crippen molar-refractivity contribution in [1.82, 2.24) is 14.1 Å². The summed E-state index contributed by atoms with van der Waals surface area (Å²) in [5, 5.41) is 4.11. The molecule has 1 heterocycles. The Bertz CT molecular complexity index is 563. The highest BCUT2D eigenvalue weighted by Gasteiger charge is 2.27. The van der Waals surface area contributed by atoms with Gasteiger partial charge in [0, 0.05) is 27.1 Å². The molecule has 2 N–H and O–H groups in total. The maximum Gasteiger partial charge on any atom is 0.246 e. The van der Waals surface area contributed by atoms with E-state index in [9.17, 15) is 8.42 Å². The van der Waals surface area contributed by atoms with E-state index in [1.54, 1.807) is 25.6 Å². The van der Waals surface area contributed by atoms with Crippen LogP contribution in [0.3, 0.4) is 0 Å². The second-order valence-corrected chi connectivity index (χ2v) is 6.67. The molecule has 8 heteroatoms. The third-order valence-electron chi connectivity index (χ3n) is 2.78. The fourth-order valence-electron chi connectivity index (χ4n) is 1.67. The van der Waals surface area contributed by atoms with Gasteiger partial charge in [0.1, 0.15) is 4.90 Å². The molecule has 0 aliphatic carbocycles. The monoisotopic (exact) mass is 290 g/mol. The highest BCUT2D eigenvalue weighted by Crippen LogP contribution is 2.22. The van der Waals surface area contributed by atoms with Crippen LogP contribution in [0.5, 0.6) is 0 Å². The first-order valence-corrected chi connectivity index (χ1v) is 7.27. The van der Waals surface area contributed by atoms with Gasteiger partial charge in [-0.25, -0.2) is 12.7 Å². The second-order valence-electron chi connectivity index (χ2n) is 4.17. The fourth-order valence-corrected chi connectivity index (χ4v) is 3.33. The molecule has 0 aliphatic heterocycles. The van der Waals surface area contributed by atoms with Gasteiger partial charge in [-0.05, 0) is 13.8 Å². The Morgan fingerprint density at radius 1 is 1.50 bits per heavy atom. The first-order chi connectivity index (χ1) is 8.17. The van der Waals surface area contributed by atoms with E-state index in [0.717, 1.165) is 0 Å². The zero-order valence-electron chi connectivity index (χ0n) is 11.0. The van der Waals surface area contributed by atoms with Gasteiger partial charge in [0.05, 0.1) is 16.4 Å². The SMILES string of the molecule is Cc1nn(C)c(C)c1S(=O)(=O)N(C)CCC(N)=S. The van der Waals surface area contributed by atoms with Crippen LogP contribution in [0, 0.1) is 13.8 Å². The van der Waals surface area contributed by atoms with Crippen LogP contribution in [-0.4, -0.2) is 41.1 Å². The van der Waals surface area contributed by atoms with Crippen LogP contribution in [0.25, 0.3) is 0 Å². The van der Waals surface area contributed by atoms with Crippen molar-refractivity contribution in [2.75, 3.05) is 13.6 Å². The third kappa shape index (κ3) is 2.88. The smallest absolute Gasteiger partial charge is 0.246 e. The lowest BCUT2D eigenvalue weighted by atomic mass is 10.4. The molecule has 1 rings (SSSR count). The van der Waals surface area contributed by atoms with Gasteiger partial charge in [-0.3, -0.25) is 4.68 Å². The largest absolute Gasteiger partial charge is 0.393 e. The number of sulfonamides is 1. The normalized spacial score (nSPS) is 12.1. The van der Waals surface area contributed by atoms with Gasteiger partial charge in [-0.15, -0.1) is 0 Å². The summed E-state index contributed by atoms with van der Waals surface area (Å²) >= 11 is 4.75. The quantitative estimate of drug-likeness (QED) is 0.791. The maximum atomic E-state index is 12.4. The minimum atomic E-state index is -3.54. The molecule has 0 saturated carbocycles. The summed E-state index contributed by atoms with van der Waals surface area (Å²) < 4.78 is 27.6. The van der Waals surface area contributed by atoms with E-state index in [2.05, 4.69) is 5.10 Å². The molecule has 0 radical (unpaired) electrons. The van der Waals surface area contributed by atoms with Crippen LogP contribution in [0.2, 0.25) is 0 Å². The molecule has 18 heavy (non-hydrogen) atoms. The summed E-state index contributed by atoms with van der Waals surface area (Å²) in [5.74, 6) is 0. The highest BCUT2D eigenvalue weighted by molar-refractivity contribution is 7.89. The molecule has 0 fully saturated rings. The van der Waals surface area contributed by atoms with E-state index in [-0.39, 0.29) is 11.4 Å². The van der Waals surface area contributed by atoms with Crippen LogP contribution in [0.4, 0.5) is 0 Å². The second kappa shape index (κ2) is 5.33. The van der Waals surface area contributed by atoms with Crippen molar-refractivity contribution in [3.05, 3.63) is 11.4 Å². The summed E-state index contributed by atoms with van der Waals surface area (Å²) in [6.45, 7) is 3.68. The zero-order chi connectivity index (χ0) is 14.1. The minimum absolute atomic E-state index is 0.260. The Morgan fingerprint density at radius 3 is 2.44 bits per heavy atom. The zero-order valence-corrected chi connectivity index (χ0v) is 12.6. The molecule has 0 aliphatic rings. The van der Waals surface area contributed by atoms with E-state index in [0.29, 0.717) is 22.8 Å². The average molecular weight is 290 g/mol. The number of rotatable bonds is 5. The molecule has 0 unspecified atom stereocenters. The van der Waals surface area contributed by atoms with Crippen molar-refractivity contribution in [3.8, 4) is 0 Å². The topological polar surface area (TPSA) is 81.2 Å². The van der Waals surface area contributed by atoms with Crippen molar-refractivity contribution >= 4 is 27.2 Å². The minimum Gasteiger partial charge on any atom is -0.393 e.